The van der Waals surface area contributed by atoms with Gasteiger partial charge < -0.3 is 10.6 Å². The Morgan fingerprint density at radius 1 is 1.41 bits per heavy atom. The van der Waals surface area contributed by atoms with Gasteiger partial charge in [0.25, 0.3) is 0 Å². The number of likely N-dealkylation sites (tertiary alicyclic amines) is 1. The van der Waals surface area contributed by atoms with Crippen LogP contribution in [0, 0.1) is 5.92 Å². The number of carbonyl (C=O) groups excluding carboxylic acids is 1. The first-order valence-corrected chi connectivity index (χ1v) is 8.27. The Balaban J connectivity index is 1.96. The summed E-state index contributed by atoms with van der Waals surface area (Å²) >= 11 is 0. The van der Waals surface area contributed by atoms with Crippen LogP contribution in [0.15, 0.2) is 30.3 Å². The molecule has 1 fully saturated rings. The molecule has 122 valence electrons. The first-order chi connectivity index (χ1) is 10.5. The lowest BCUT2D eigenvalue weighted by Gasteiger charge is -2.38. The normalized spacial score (nSPS) is 24.0. The molecule has 1 saturated heterocycles. The van der Waals surface area contributed by atoms with E-state index in [1.54, 1.807) is 0 Å². The summed E-state index contributed by atoms with van der Waals surface area (Å²) in [7, 11) is 1.89. The average molecular weight is 303 g/mol. The first-order valence-electron chi connectivity index (χ1n) is 8.27. The predicted octanol–water partition coefficient (Wildman–Crippen LogP) is 2.27. The summed E-state index contributed by atoms with van der Waals surface area (Å²) in [4.78, 5) is 16.7. The van der Waals surface area contributed by atoms with Crippen LogP contribution in [-0.4, -0.2) is 48.4 Å². The van der Waals surface area contributed by atoms with Gasteiger partial charge >= 0.3 is 0 Å². The number of nitrogens with two attached hydrogens (primary N) is 1. The zero-order valence-electron chi connectivity index (χ0n) is 14.0. The summed E-state index contributed by atoms with van der Waals surface area (Å²) in [6, 6.07) is 10.6. The van der Waals surface area contributed by atoms with Crippen LogP contribution in [0.25, 0.3) is 0 Å². The molecule has 22 heavy (non-hydrogen) atoms. The van der Waals surface area contributed by atoms with Crippen molar-refractivity contribution in [2.45, 2.75) is 38.8 Å². The smallest absolute Gasteiger partial charge is 0.237 e. The van der Waals surface area contributed by atoms with Gasteiger partial charge in [0, 0.05) is 19.6 Å². The van der Waals surface area contributed by atoms with Gasteiger partial charge in [0.15, 0.2) is 0 Å². The maximum absolute atomic E-state index is 12.6. The molecule has 4 heteroatoms. The third-order valence-corrected chi connectivity index (χ3v) is 4.97. The molecule has 3 atom stereocenters. The SMILES string of the molecule is CC1CCN(CC(=O)N(C)C(C)c2ccccc2)C(CN)C1. The molecule has 1 aliphatic heterocycles. The number of nitrogens with zero attached hydrogens (tertiary/aromatic N) is 2. The maximum Gasteiger partial charge on any atom is 0.237 e. The molecular formula is C18H29N3O. The number of likely N-dealkylation sites (N-methyl/N-ethyl adjacent to an activating group) is 1. The quantitative estimate of drug-likeness (QED) is 0.908. The van der Waals surface area contributed by atoms with Crippen LogP contribution < -0.4 is 5.73 Å². The van der Waals surface area contributed by atoms with Gasteiger partial charge in [-0.1, -0.05) is 37.3 Å². The lowest BCUT2D eigenvalue weighted by Crippen LogP contribution is -2.50. The molecule has 2 rings (SSSR count). The number of rotatable bonds is 5. The van der Waals surface area contributed by atoms with E-state index in [-0.39, 0.29) is 11.9 Å². The summed E-state index contributed by atoms with van der Waals surface area (Å²) in [5.41, 5.74) is 7.06. The summed E-state index contributed by atoms with van der Waals surface area (Å²) in [5.74, 6) is 0.880. The van der Waals surface area contributed by atoms with E-state index in [0.29, 0.717) is 25.0 Å². The Labute approximate surface area is 134 Å². The van der Waals surface area contributed by atoms with Crippen LogP contribution in [0.3, 0.4) is 0 Å². The van der Waals surface area contributed by atoms with Gasteiger partial charge in [0.2, 0.25) is 5.91 Å². The highest BCUT2D eigenvalue weighted by molar-refractivity contribution is 5.78. The number of hydrogen-bond acceptors (Lipinski definition) is 3. The second-order valence-corrected chi connectivity index (χ2v) is 6.58. The fourth-order valence-corrected chi connectivity index (χ4v) is 3.21. The van der Waals surface area contributed by atoms with E-state index < -0.39 is 0 Å². The number of hydrogen-bond donors (Lipinski definition) is 1. The topological polar surface area (TPSA) is 49.6 Å². The molecule has 1 heterocycles. The Morgan fingerprint density at radius 3 is 2.73 bits per heavy atom. The van der Waals surface area contributed by atoms with Crippen molar-refractivity contribution in [2.24, 2.45) is 11.7 Å². The highest BCUT2D eigenvalue weighted by atomic mass is 16.2. The van der Waals surface area contributed by atoms with Gasteiger partial charge in [-0.3, -0.25) is 9.69 Å². The lowest BCUT2D eigenvalue weighted by molar-refractivity contribution is -0.134. The molecule has 2 N–H and O–H groups in total. The lowest BCUT2D eigenvalue weighted by atomic mass is 9.92. The minimum absolute atomic E-state index is 0.0914. The fraction of sp³-hybridized carbons (Fsp3) is 0.611. The van der Waals surface area contributed by atoms with Crippen LogP contribution >= 0.6 is 0 Å². The third-order valence-electron chi connectivity index (χ3n) is 4.97. The van der Waals surface area contributed by atoms with E-state index in [0.717, 1.165) is 19.4 Å². The zero-order valence-corrected chi connectivity index (χ0v) is 14.0. The molecule has 0 bridgehead atoms. The van der Waals surface area contributed by atoms with Crippen molar-refractivity contribution in [2.75, 3.05) is 26.7 Å². The van der Waals surface area contributed by atoms with Gasteiger partial charge in [0.05, 0.1) is 12.6 Å². The first kappa shape index (κ1) is 17.0. The molecule has 0 aliphatic carbocycles. The molecule has 1 aromatic carbocycles. The minimum atomic E-state index is 0.0914. The Morgan fingerprint density at radius 2 is 2.09 bits per heavy atom. The van der Waals surface area contributed by atoms with Crippen molar-refractivity contribution >= 4 is 5.91 Å². The highest BCUT2D eigenvalue weighted by Gasteiger charge is 2.28. The monoisotopic (exact) mass is 303 g/mol. The Hall–Kier alpha value is -1.39. The average Bonchev–Trinajstić information content (AvgIpc) is 2.55. The van der Waals surface area contributed by atoms with Crippen molar-refractivity contribution in [3.05, 3.63) is 35.9 Å². The summed E-state index contributed by atoms with van der Waals surface area (Å²) in [6.07, 6.45) is 2.25. The van der Waals surface area contributed by atoms with Gasteiger partial charge in [-0.25, -0.2) is 0 Å². The Bertz CT molecular complexity index is 476. The molecule has 0 spiro atoms. The molecule has 3 unspecified atom stereocenters. The summed E-state index contributed by atoms with van der Waals surface area (Å²) in [5, 5.41) is 0. The third kappa shape index (κ3) is 4.08. The van der Waals surface area contributed by atoms with Gasteiger partial charge in [-0.2, -0.15) is 0 Å². The van der Waals surface area contributed by atoms with Crippen LogP contribution in [-0.2, 0) is 4.79 Å². The number of piperidine rings is 1. The van der Waals surface area contributed by atoms with Crippen LogP contribution in [0.1, 0.15) is 38.3 Å². The maximum atomic E-state index is 12.6. The van der Waals surface area contributed by atoms with E-state index in [4.69, 9.17) is 5.73 Å². The van der Waals surface area contributed by atoms with Crippen molar-refractivity contribution in [1.29, 1.82) is 0 Å². The Kier molecular flexibility index (Phi) is 5.98. The minimum Gasteiger partial charge on any atom is -0.338 e. The molecule has 1 aliphatic rings. The van der Waals surface area contributed by atoms with Crippen LogP contribution in [0.4, 0.5) is 0 Å². The molecule has 1 aromatic rings. The van der Waals surface area contributed by atoms with E-state index in [1.807, 2.05) is 30.1 Å². The van der Waals surface area contributed by atoms with Crippen LogP contribution in [0.5, 0.6) is 0 Å². The van der Waals surface area contributed by atoms with E-state index in [1.165, 1.54) is 5.56 Å². The molecule has 1 amide bonds. The van der Waals surface area contributed by atoms with Crippen molar-refractivity contribution in [1.82, 2.24) is 9.80 Å². The van der Waals surface area contributed by atoms with E-state index >= 15 is 0 Å². The van der Waals surface area contributed by atoms with Crippen molar-refractivity contribution in [3.63, 3.8) is 0 Å². The molecule has 0 aromatic heterocycles. The van der Waals surface area contributed by atoms with Crippen molar-refractivity contribution in [3.8, 4) is 0 Å². The van der Waals surface area contributed by atoms with Gasteiger partial charge in [-0.05, 0) is 37.8 Å². The molecule has 4 nitrogen and oxygen atoms in total. The standard InChI is InChI=1S/C18H29N3O/c1-14-9-10-21(17(11-14)12-19)13-18(22)20(3)15(2)16-7-5-4-6-8-16/h4-8,14-15,17H,9-13,19H2,1-3H3. The number of carbonyl (C=O) groups is 1. The number of benzene rings is 1. The molecule has 0 saturated carbocycles. The van der Waals surface area contributed by atoms with Gasteiger partial charge in [-0.15, -0.1) is 0 Å². The van der Waals surface area contributed by atoms with Crippen molar-refractivity contribution < 1.29 is 4.79 Å². The van der Waals surface area contributed by atoms with E-state index in [2.05, 4.69) is 30.9 Å². The van der Waals surface area contributed by atoms with Crippen LogP contribution in [0.2, 0.25) is 0 Å². The largest absolute Gasteiger partial charge is 0.338 e. The fourth-order valence-electron chi connectivity index (χ4n) is 3.21. The van der Waals surface area contributed by atoms with Gasteiger partial charge in [0.1, 0.15) is 0 Å². The second-order valence-electron chi connectivity index (χ2n) is 6.58. The molecule has 0 radical (unpaired) electrons. The summed E-state index contributed by atoms with van der Waals surface area (Å²) < 4.78 is 0. The highest BCUT2D eigenvalue weighted by Crippen LogP contribution is 2.23. The summed E-state index contributed by atoms with van der Waals surface area (Å²) in [6.45, 7) is 6.43. The zero-order chi connectivity index (χ0) is 16.1. The van der Waals surface area contributed by atoms with E-state index in [9.17, 15) is 4.79 Å². The number of amides is 1. The second kappa shape index (κ2) is 7.75. The molecular weight excluding hydrogens is 274 g/mol. The predicted molar refractivity (Wildman–Crippen MR) is 90.4 cm³/mol.